The van der Waals surface area contributed by atoms with Gasteiger partial charge in [-0.1, -0.05) is 0 Å². The summed E-state index contributed by atoms with van der Waals surface area (Å²) in [6, 6.07) is 4.22. The van der Waals surface area contributed by atoms with E-state index in [4.69, 9.17) is 4.74 Å². The Morgan fingerprint density at radius 2 is 2.18 bits per heavy atom. The largest absolute Gasteiger partial charge is 0.459 e. The first-order valence-corrected chi connectivity index (χ1v) is 7.21. The van der Waals surface area contributed by atoms with Gasteiger partial charge in [0.2, 0.25) is 0 Å². The monoisotopic (exact) mass is 322 g/mol. The van der Waals surface area contributed by atoms with Gasteiger partial charge < -0.3 is 9.30 Å². The van der Waals surface area contributed by atoms with Crippen LogP contribution in [0.15, 0.2) is 34.6 Å². The zero-order chi connectivity index (χ0) is 16.3. The topological polar surface area (TPSA) is 100 Å². The third-order valence-electron chi connectivity index (χ3n) is 2.61. The van der Waals surface area contributed by atoms with Crippen LogP contribution in [0.25, 0.3) is 0 Å². The Morgan fingerprint density at radius 1 is 1.45 bits per heavy atom. The molecule has 2 aromatic rings. The maximum absolute atomic E-state index is 11.8. The number of nitrogens with zero attached hydrogens (tertiary/aromatic N) is 4. The fourth-order valence-corrected chi connectivity index (χ4v) is 2.47. The number of nitro benzene ring substituents is 1. The lowest BCUT2D eigenvalue weighted by molar-refractivity contribution is -0.387. The molecule has 0 aliphatic heterocycles. The third kappa shape index (κ3) is 3.61. The predicted molar refractivity (Wildman–Crippen MR) is 78.8 cm³/mol. The zero-order valence-electron chi connectivity index (χ0n) is 12.2. The van der Waals surface area contributed by atoms with Crippen molar-refractivity contribution in [3.63, 3.8) is 0 Å². The fourth-order valence-electron chi connectivity index (χ4n) is 1.62. The van der Waals surface area contributed by atoms with Crippen molar-refractivity contribution in [2.24, 2.45) is 7.05 Å². The van der Waals surface area contributed by atoms with Gasteiger partial charge in [0.05, 0.1) is 21.5 Å². The lowest BCUT2D eigenvalue weighted by atomic mass is 10.2. The number of carbonyl (C=O) groups is 1. The summed E-state index contributed by atoms with van der Waals surface area (Å²) < 4.78 is 6.69. The van der Waals surface area contributed by atoms with Crippen molar-refractivity contribution >= 4 is 23.4 Å². The van der Waals surface area contributed by atoms with Crippen molar-refractivity contribution in [3.8, 4) is 0 Å². The number of rotatable bonds is 5. The van der Waals surface area contributed by atoms with Crippen molar-refractivity contribution in [2.75, 3.05) is 0 Å². The molecule has 1 aromatic carbocycles. The Labute approximate surface area is 130 Å². The third-order valence-corrected chi connectivity index (χ3v) is 3.72. The molecular formula is C13H14N4O4S. The molecule has 0 unspecified atom stereocenters. The van der Waals surface area contributed by atoms with Crippen molar-refractivity contribution in [3.05, 3.63) is 40.2 Å². The van der Waals surface area contributed by atoms with Gasteiger partial charge in [-0.15, -0.1) is 10.2 Å². The average molecular weight is 322 g/mol. The van der Waals surface area contributed by atoms with Crippen LogP contribution < -0.4 is 0 Å². The molecule has 22 heavy (non-hydrogen) atoms. The van der Waals surface area contributed by atoms with E-state index in [-0.39, 0.29) is 17.4 Å². The molecule has 116 valence electrons. The molecule has 0 N–H and O–H groups in total. The minimum absolute atomic E-state index is 0.141. The molecule has 0 aliphatic rings. The minimum Gasteiger partial charge on any atom is -0.459 e. The van der Waals surface area contributed by atoms with Gasteiger partial charge in [-0.25, -0.2) is 4.79 Å². The molecule has 1 heterocycles. The summed E-state index contributed by atoms with van der Waals surface area (Å²) in [5.74, 6) is -0.590. The number of aryl methyl sites for hydroxylation is 1. The molecule has 1 aromatic heterocycles. The van der Waals surface area contributed by atoms with Crippen molar-refractivity contribution in [1.29, 1.82) is 0 Å². The standard InChI is InChI=1S/C13H14N4O4S/c1-8(2)21-12(18)9-4-5-11(10(6-9)17(19)20)22-13-15-14-7-16(13)3/h4-8H,1-3H3. The number of carbonyl (C=O) groups excluding carboxylic acids is 1. The molecule has 8 nitrogen and oxygen atoms in total. The molecule has 0 saturated carbocycles. The molecule has 0 fully saturated rings. The van der Waals surface area contributed by atoms with Gasteiger partial charge in [0.25, 0.3) is 5.69 Å². The van der Waals surface area contributed by atoms with Crippen LogP contribution in [-0.4, -0.2) is 31.8 Å². The molecule has 2 rings (SSSR count). The number of benzene rings is 1. The molecule has 0 atom stereocenters. The Bertz CT molecular complexity index is 714. The van der Waals surface area contributed by atoms with E-state index in [1.54, 1.807) is 25.5 Å². The SMILES string of the molecule is CC(C)OC(=O)c1ccc(Sc2nncn2C)c([N+](=O)[O-])c1. The van der Waals surface area contributed by atoms with Gasteiger partial charge >= 0.3 is 5.97 Å². The first-order valence-electron chi connectivity index (χ1n) is 6.39. The van der Waals surface area contributed by atoms with E-state index in [1.165, 1.54) is 24.5 Å². The maximum atomic E-state index is 11.8. The van der Waals surface area contributed by atoms with Crippen LogP contribution in [0.3, 0.4) is 0 Å². The van der Waals surface area contributed by atoms with Crippen LogP contribution in [0.4, 0.5) is 5.69 Å². The number of hydrogen-bond donors (Lipinski definition) is 0. The summed E-state index contributed by atoms with van der Waals surface area (Å²) in [4.78, 5) is 22.9. The van der Waals surface area contributed by atoms with Crippen LogP contribution in [0.2, 0.25) is 0 Å². The van der Waals surface area contributed by atoms with Gasteiger partial charge in [-0.2, -0.15) is 0 Å². The molecule has 0 radical (unpaired) electrons. The summed E-state index contributed by atoms with van der Waals surface area (Å²) in [7, 11) is 1.74. The fraction of sp³-hybridized carbons (Fsp3) is 0.308. The molecule has 0 aliphatic carbocycles. The number of esters is 1. The number of ether oxygens (including phenoxy) is 1. The Hall–Kier alpha value is -2.42. The molecular weight excluding hydrogens is 308 g/mol. The van der Waals surface area contributed by atoms with Crippen LogP contribution in [0.5, 0.6) is 0 Å². The van der Waals surface area contributed by atoms with E-state index in [0.29, 0.717) is 10.1 Å². The van der Waals surface area contributed by atoms with Gasteiger partial charge in [0.1, 0.15) is 6.33 Å². The second kappa shape index (κ2) is 6.56. The highest BCUT2D eigenvalue weighted by atomic mass is 32.2. The Balaban J connectivity index is 2.34. The van der Waals surface area contributed by atoms with Gasteiger partial charge in [0, 0.05) is 13.1 Å². The second-order valence-corrected chi connectivity index (χ2v) is 5.73. The second-order valence-electron chi connectivity index (χ2n) is 4.72. The van der Waals surface area contributed by atoms with Gasteiger partial charge in [-0.3, -0.25) is 10.1 Å². The average Bonchev–Trinajstić information content (AvgIpc) is 2.83. The van der Waals surface area contributed by atoms with E-state index in [0.717, 1.165) is 11.8 Å². The molecule has 0 saturated heterocycles. The van der Waals surface area contributed by atoms with Crippen molar-refractivity contribution in [2.45, 2.75) is 30.0 Å². The normalized spacial score (nSPS) is 10.7. The van der Waals surface area contributed by atoms with E-state index >= 15 is 0 Å². The van der Waals surface area contributed by atoms with Crippen LogP contribution in [-0.2, 0) is 11.8 Å². The minimum atomic E-state index is -0.590. The summed E-state index contributed by atoms with van der Waals surface area (Å²) in [6.07, 6.45) is 1.21. The van der Waals surface area contributed by atoms with Crippen LogP contribution in [0.1, 0.15) is 24.2 Å². The number of nitro groups is 1. The van der Waals surface area contributed by atoms with Crippen molar-refractivity contribution in [1.82, 2.24) is 14.8 Å². The highest BCUT2D eigenvalue weighted by Crippen LogP contribution is 2.34. The number of hydrogen-bond acceptors (Lipinski definition) is 7. The van der Waals surface area contributed by atoms with Gasteiger partial charge in [-0.05, 0) is 37.7 Å². The summed E-state index contributed by atoms with van der Waals surface area (Å²) in [5, 5.41) is 19.3. The highest BCUT2D eigenvalue weighted by molar-refractivity contribution is 7.99. The first kappa shape index (κ1) is 16.0. The lowest BCUT2D eigenvalue weighted by Gasteiger charge is -2.08. The quantitative estimate of drug-likeness (QED) is 0.473. The zero-order valence-corrected chi connectivity index (χ0v) is 13.0. The molecule has 0 bridgehead atoms. The highest BCUT2D eigenvalue weighted by Gasteiger charge is 2.21. The first-order chi connectivity index (χ1) is 10.4. The predicted octanol–water partition coefficient (Wildman–Crippen LogP) is 2.44. The number of aromatic nitrogens is 3. The van der Waals surface area contributed by atoms with Gasteiger partial charge in [0.15, 0.2) is 5.16 Å². The summed E-state index contributed by atoms with van der Waals surface area (Å²) in [6.45, 7) is 3.43. The van der Waals surface area contributed by atoms with E-state index in [9.17, 15) is 14.9 Å². The van der Waals surface area contributed by atoms with E-state index in [2.05, 4.69) is 10.2 Å². The van der Waals surface area contributed by atoms with Crippen LogP contribution in [0, 0.1) is 10.1 Å². The van der Waals surface area contributed by atoms with Crippen molar-refractivity contribution < 1.29 is 14.5 Å². The van der Waals surface area contributed by atoms with E-state index < -0.39 is 10.9 Å². The maximum Gasteiger partial charge on any atom is 0.338 e. The lowest BCUT2D eigenvalue weighted by Crippen LogP contribution is -2.11. The Kier molecular flexibility index (Phi) is 4.76. The van der Waals surface area contributed by atoms with Crippen LogP contribution >= 0.6 is 11.8 Å². The summed E-state index contributed by atoms with van der Waals surface area (Å²) in [5.41, 5.74) is -0.0334. The summed E-state index contributed by atoms with van der Waals surface area (Å²) >= 11 is 1.11. The molecule has 0 spiro atoms. The smallest absolute Gasteiger partial charge is 0.338 e. The Morgan fingerprint density at radius 3 is 2.73 bits per heavy atom. The molecule has 9 heteroatoms. The van der Waals surface area contributed by atoms with E-state index in [1.807, 2.05) is 0 Å². The molecule has 0 amide bonds.